The van der Waals surface area contributed by atoms with Crippen LogP contribution in [0.1, 0.15) is 36.8 Å². The summed E-state index contributed by atoms with van der Waals surface area (Å²) in [7, 11) is -7.07. The van der Waals surface area contributed by atoms with Crippen molar-refractivity contribution in [2.24, 2.45) is 0 Å². The highest BCUT2D eigenvalue weighted by molar-refractivity contribution is 7.89. The third kappa shape index (κ3) is 7.10. The number of nitrogens with one attached hydrogen (secondary N) is 2. The fraction of sp³-hybridized carbons (Fsp3) is 0.435. The van der Waals surface area contributed by atoms with Gasteiger partial charge in [0, 0.05) is 32.6 Å². The molecule has 1 fully saturated rings. The summed E-state index contributed by atoms with van der Waals surface area (Å²) < 4.78 is 53.9. The highest BCUT2D eigenvalue weighted by atomic mass is 32.2. The van der Waals surface area contributed by atoms with Crippen LogP contribution in [0, 0.1) is 6.92 Å². The van der Waals surface area contributed by atoms with Crippen LogP contribution in [-0.4, -0.2) is 53.2 Å². The van der Waals surface area contributed by atoms with Gasteiger partial charge in [0.2, 0.25) is 26.0 Å². The van der Waals surface area contributed by atoms with Crippen LogP contribution in [0.2, 0.25) is 0 Å². The summed E-state index contributed by atoms with van der Waals surface area (Å²) >= 11 is 0. The molecule has 10 heteroatoms. The van der Waals surface area contributed by atoms with Crippen LogP contribution < -0.4 is 10.0 Å². The smallest absolute Gasteiger partial charge is 0.243 e. The van der Waals surface area contributed by atoms with Gasteiger partial charge in [-0.05, 0) is 56.0 Å². The first-order valence-electron chi connectivity index (χ1n) is 11.1. The number of rotatable bonds is 10. The van der Waals surface area contributed by atoms with Gasteiger partial charge in [0.25, 0.3) is 0 Å². The first-order valence-corrected chi connectivity index (χ1v) is 14.0. The SMILES string of the molecule is Cc1ccc(S(=O)(=O)NCCNC(=O)CCc2ccc(S(=O)(=O)N3CCCCC3)cc2)cc1. The normalized spacial score (nSPS) is 15.3. The molecule has 8 nitrogen and oxygen atoms in total. The minimum atomic E-state index is -3.61. The first-order chi connectivity index (χ1) is 15.7. The first kappa shape index (κ1) is 25.4. The lowest BCUT2D eigenvalue weighted by Crippen LogP contribution is -2.35. The number of hydrogen-bond donors (Lipinski definition) is 2. The third-order valence-electron chi connectivity index (χ3n) is 5.59. The fourth-order valence-electron chi connectivity index (χ4n) is 3.62. The maximum absolute atomic E-state index is 12.7. The van der Waals surface area contributed by atoms with Crippen molar-refractivity contribution < 1.29 is 21.6 Å². The monoisotopic (exact) mass is 493 g/mol. The zero-order valence-corrected chi connectivity index (χ0v) is 20.4. The Kier molecular flexibility index (Phi) is 8.63. The zero-order chi connectivity index (χ0) is 23.9. The number of hydrogen-bond acceptors (Lipinski definition) is 5. The summed E-state index contributed by atoms with van der Waals surface area (Å²) in [5.74, 6) is -0.199. The van der Waals surface area contributed by atoms with E-state index in [1.807, 2.05) is 6.92 Å². The summed E-state index contributed by atoms with van der Waals surface area (Å²) in [5, 5.41) is 2.70. The van der Waals surface area contributed by atoms with Gasteiger partial charge in [0.05, 0.1) is 9.79 Å². The third-order valence-corrected chi connectivity index (χ3v) is 8.98. The van der Waals surface area contributed by atoms with E-state index in [2.05, 4.69) is 10.0 Å². The Bertz CT molecular complexity index is 1140. The molecule has 0 aromatic heterocycles. The highest BCUT2D eigenvalue weighted by Crippen LogP contribution is 2.21. The van der Waals surface area contributed by atoms with Crippen LogP contribution in [-0.2, 0) is 31.3 Å². The molecule has 0 saturated carbocycles. The van der Waals surface area contributed by atoms with Crippen LogP contribution in [0.25, 0.3) is 0 Å². The van der Waals surface area contributed by atoms with E-state index in [9.17, 15) is 21.6 Å². The molecule has 2 aromatic carbocycles. The number of carbonyl (C=O) groups excluding carboxylic acids is 1. The van der Waals surface area contributed by atoms with Crippen LogP contribution in [0.3, 0.4) is 0 Å². The van der Waals surface area contributed by atoms with Crippen LogP contribution >= 0.6 is 0 Å². The maximum Gasteiger partial charge on any atom is 0.243 e. The van der Waals surface area contributed by atoms with Gasteiger partial charge in [-0.3, -0.25) is 4.79 Å². The maximum atomic E-state index is 12.7. The Hall–Kier alpha value is -2.27. The molecule has 0 unspecified atom stereocenters. The zero-order valence-electron chi connectivity index (χ0n) is 18.8. The average molecular weight is 494 g/mol. The number of amides is 1. The average Bonchev–Trinajstić information content (AvgIpc) is 2.81. The molecule has 2 N–H and O–H groups in total. The van der Waals surface area contributed by atoms with Crippen molar-refractivity contribution in [3.8, 4) is 0 Å². The van der Waals surface area contributed by atoms with E-state index in [1.54, 1.807) is 48.5 Å². The molecule has 180 valence electrons. The summed E-state index contributed by atoms with van der Waals surface area (Å²) in [6.07, 6.45) is 3.53. The van der Waals surface area contributed by atoms with Gasteiger partial charge in [-0.2, -0.15) is 4.31 Å². The second kappa shape index (κ2) is 11.2. The number of sulfonamides is 2. The van der Waals surface area contributed by atoms with Crippen molar-refractivity contribution >= 4 is 26.0 Å². The van der Waals surface area contributed by atoms with Gasteiger partial charge < -0.3 is 5.32 Å². The van der Waals surface area contributed by atoms with Gasteiger partial charge >= 0.3 is 0 Å². The van der Waals surface area contributed by atoms with Crippen molar-refractivity contribution in [1.29, 1.82) is 0 Å². The lowest BCUT2D eigenvalue weighted by molar-refractivity contribution is -0.121. The van der Waals surface area contributed by atoms with Crippen LogP contribution in [0.15, 0.2) is 58.3 Å². The lowest BCUT2D eigenvalue weighted by atomic mass is 10.1. The van der Waals surface area contributed by atoms with Gasteiger partial charge in [0.1, 0.15) is 0 Å². The summed E-state index contributed by atoms with van der Waals surface area (Å²) in [4.78, 5) is 12.6. The molecule has 33 heavy (non-hydrogen) atoms. The number of carbonyl (C=O) groups is 1. The van der Waals surface area contributed by atoms with Gasteiger partial charge in [-0.15, -0.1) is 0 Å². The molecule has 1 saturated heterocycles. The highest BCUT2D eigenvalue weighted by Gasteiger charge is 2.25. The minimum Gasteiger partial charge on any atom is -0.355 e. The Morgan fingerprint density at radius 2 is 1.45 bits per heavy atom. The largest absolute Gasteiger partial charge is 0.355 e. The molecule has 3 rings (SSSR count). The molecule has 1 heterocycles. The minimum absolute atomic E-state index is 0.0883. The Morgan fingerprint density at radius 1 is 0.848 bits per heavy atom. The summed E-state index contributed by atoms with van der Waals surface area (Å²) in [5.41, 5.74) is 1.84. The molecule has 0 spiro atoms. The van der Waals surface area contributed by atoms with Crippen molar-refractivity contribution in [2.75, 3.05) is 26.2 Å². The van der Waals surface area contributed by atoms with Crippen molar-refractivity contribution in [2.45, 2.75) is 48.8 Å². The molecule has 1 aliphatic heterocycles. The van der Waals surface area contributed by atoms with Gasteiger partial charge in [-0.1, -0.05) is 36.2 Å². The number of nitrogens with zero attached hydrogens (tertiary/aromatic N) is 1. The number of aryl methyl sites for hydroxylation is 2. The van der Waals surface area contributed by atoms with E-state index < -0.39 is 20.0 Å². The molecule has 2 aromatic rings. The summed E-state index contributed by atoms with van der Waals surface area (Å²) in [6.45, 7) is 3.27. The van der Waals surface area contributed by atoms with E-state index >= 15 is 0 Å². The standard InChI is InChI=1S/C23H31N3O5S2/c1-19-5-10-21(11-6-19)32(28,29)25-16-15-24-23(27)14-9-20-7-12-22(13-8-20)33(30,31)26-17-3-2-4-18-26/h5-8,10-13,25H,2-4,9,14-18H2,1H3,(H,24,27). The molecular formula is C23H31N3O5S2. The van der Waals surface area contributed by atoms with Crippen molar-refractivity contribution in [3.63, 3.8) is 0 Å². The van der Waals surface area contributed by atoms with Crippen LogP contribution in [0.4, 0.5) is 0 Å². The Morgan fingerprint density at radius 3 is 2.09 bits per heavy atom. The van der Waals surface area contributed by atoms with E-state index in [4.69, 9.17) is 0 Å². The molecule has 0 aliphatic carbocycles. The molecule has 1 aliphatic rings. The van der Waals surface area contributed by atoms with Gasteiger partial charge in [0.15, 0.2) is 0 Å². The second-order valence-corrected chi connectivity index (χ2v) is 11.9. The topological polar surface area (TPSA) is 113 Å². The van der Waals surface area contributed by atoms with Gasteiger partial charge in [-0.25, -0.2) is 21.6 Å². The Balaban J connectivity index is 1.41. The van der Waals surface area contributed by atoms with Crippen LogP contribution in [0.5, 0.6) is 0 Å². The molecule has 0 radical (unpaired) electrons. The van der Waals surface area contributed by atoms with E-state index in [0.29, 0.717) is 19.5 Å². The fourth-order valence-corrected chi connectivity index (χ4v) is 6.17. The molecule has 0 bridgehead atoms. The molecular weight excluding hydrogens is 462 g/mol. The number of benzene rings is 2. The second-order valence-electron chi connectivity index (χ2n) is 8.17. The van der Waals surface area contributed by atoms with Crippen molar-refractivity contribution in [3.05, 3.63) is 59.7 Å². The molecule has 1 amide bonds. The van der Waals surface area contributed by atoms with E-state index in [-0.39, 0.29) is 35.2 Å². The van der Waals surface area contributed by atoms with E-state index in [1.165, 1.54) is 4.31 Å². The Labute approximate surface area is 196 Å². The predicted molar refractivity (Wildman–Crippen MR) is 127 cm³/mol. The quantitative estimate of drug-likeness (QED) is 0.493. The number of piperidine rings is 1. The lowest BCUT2D eigenvalue weighted by Gasteiger charge is -2.25. The van der Waals surface area contributed by atoms with Crippen molar-refractivity contribution in [1.82, 2.24) is 14.3 Å². The van der Waals surface area contributed by atoms with E-state index in [0.717, 1.165) is 30.4 Å². The predicted octanol–water partition coefficient (Wildman–Crippen LogP) is 2.20. The molecule has 0 atom stereocenters. The summed E-state index contributed by atoms with van der Waals surface area (Å²) in [6, 6.07) is 13.2.